The standard InChI is InChI=1S/C23H20F2N6OS/c1-10-2-3-31(7-10)23-29-5-12-13-8-32-9-14(13)16(18(25)19(12)30-23)20-17-11(4-26)22(27)33-21(17)15(24)6-28-20/h5-6,10,20,28H,2-3,7-9,27H2,1H3. The van der Waals surface area contributed by atoms with Gasteiger partial charge in [-0.2, -0.15) is 5.26 Å². The maximum absolute atomic E-state index is 16.3. The van der Waals surface area contributed by atoms with Crippen LogP contribution >= 0.6 is 11.3 Å². The Bertz CT molecular complexity index is 1390. The lowest BCUT2D eigenvalue weighted by Gasteiger charge is -2.26. The molecular formula is C23H20F2N6OS. The highest BCUT2D eigenvalue weighted by Crippen LogP contribution is 2.47. The summed E-state index contributed by atoms with van der Waals surface area (Å²) in [6.07, 6.45) is 3.91. The quantitative estimate of drug-likeness (QED) is 0.586. The van der Waals surface area contributed by atoms with E-state index >= 15 is 4.39 Å². The molecule has 1 aromatic carbocycles. The summed E-state index contributed by atoms with van der Waals surface area (Å²) in [5.74, 6) is -0.0197. The van der Waals surface area contributed by atoms with E-state index in [1.165, 1.54) is 6.20 Å². The van der Waals surface area contributed by atoms with E-state index in [0.29, 0.717) is 40.5 Å². The highest BCUT2D eigenvalue weighted by molar-refractivity contribution is 7.17. The molecule has 5 heterocycles. The number of ether oxygens (including phenoxy) is 1. The van der Waals surface area contributed by atoms with Crippen molar-refractivity contribution in [2.24, 2.45) is 5.92 Å². The molecule has 3 aliphatic heterocycles. The average Bonchev–Trinajstić information content (AvgIpc) is 3.53. The Balaban J connectivity index is 1.59. The van der Waals surface area contributed by atoms with Gasteiger partial charge in [0.2, 0.25) is 5.95 Å². The number of nitrogens with one attached hydrogen (secondary N) is 1. The van der Waals surface area contributed by atoms with E-state index in [4.69, 9.17) is 10.5 Å². The fourth-order valence-electron chi connectivity index (χ4n) is 5.06. The minimum Gasteiger partial charge on any atom is -0.389 e. The van der Waals surface area contributed by atoms with Gasteiger partial charge in [0.1, 0.15) is 16.6 Å². The topological polar surface area (TPSA) is 100 Å². The van der Waals surface area contributed by atoms with Crippen LogP contribution in [0.2, 0.25) is 0 Å². The van der Waals surface area contributed by atoms with Crippen LogP contribution in [-0.2, 0) is 18.0 Å². The minimum absolute atomic E-state index is 0.164. The van der Waals surface area contributed by atoms with Crippen molar-refractivity contribution in [2.45, 2.75) is 32.6 Å². The molecule has 0 radical (unpaired) electrons. The third-order valence-corrected chi connectivity index (χ3v) is 7.73. The molecule has 0 amide bonds. The van der Waals surface area contributed by atoms with E-state index in [1.54, 1.807) is 6.20 Å². The summed E-state index contributed by atoms with van der Waals surface area (Å²) in [5.41, 5.74) is 8.55. The number of nitrogens with two attached hydrogens (primary N) is 1. The van der Waals surface area contributed by atoms with Gasteiger partial charge in [0.25, 0.3) is 0 Å². The Hall–Kier alpha value is -3.29. The smallest absolute Gasteiger partial charge is 0.225 e. The molecule has 1 fully saturated rings. The number of hydrogen-bond donors (Lipinski definition) is 2. The van der Waals surface area contributed by atoms with E-state index in [1.807, 2.05) is 0 Å². The van der Waals surface area contributed by atoms with Gasteiger partial charge in [-0.25, -0.2) is 18.7 Å². The van der Waals surface area contributed by atoms with Crippen LogP contribution in [-0.4, -0.2) is 23.1 Å². The normalized spacial score (nSPS) is 21.5. The second kappa shape index (κ2) is 7.37. The summed E-state index contributed by atoms with van der Waals surface area (Å²) in [5, 5.41) is 13.5. The lowest BCUT2D eigenvalue weighted by Crippen LogP contribution is -2.25. The maximum Gasteiger partial charge on any atom is 0.225 e. The third kappa shape index (κ3) is 2.92. The van der Waals surface area contributed by atoms with Crippen LogP contribution in [0.25, 0.3) is 16.7 Å². The first-order chi connectivity index (χ1) is 16.0. The number of anilines is 2. The van der Waals surface area contributed by atoms with Gasteiger partial charge in [0.05, 0.1) is 29.7 Å². The molecule has 3 aromatic rings. The summed E-state index contributed by atoms with van der Waals surface area (Å²) in [7, 11) is 0. The molecule has 33 heavy (non-hydrogen) atoms. The summed E-state index contributed by atoms with van der Waals surface area (Å²) in [6.45, 7) is 4.34. The van der Waals surface area contributed by atoms with Crippen LogP contribution in [0.5, 0.6) is 0 Å². The molecular weight excluding hydrogens is 446 g/mol. The number of fused-ring (bicyclic) bond motifs is 4. The Morgan fingerprint density at radius 1 is 1.30 bits per heavy atom. The van der Waals surface area contributed by atoms with Gasteiger partial charge >= 0.3 is 0 Å². The van der Waals surface area contributed by atoms with Crippen molar-refractivity contribution in [3.8, 4) is 6.07 Å². The molecule has 7 nitrogen and oxygen atoms in total. The zero-order valence-corrected chi connectivity index (χ0v) is 18.6. The van der Waals surface area contributed by atoms with Gasteiger partial charge < -0.3 is 20.7 Å². The summed E-state index contributed by atoms with van der Waals surface area (Å²) in [4.78, 5) is 11.5. The summed E-state index contributed by atoms with van der Waals surface area (Å²) < 4.78 is 36.5. The molecule has 2 unspecified atom stereocenters. The lowest BCUT2D eigenvalue weighted by molar-refractivity contribution is 0.134. The number of nitrogen functional groups attached to an aromatic ring is 1. The average molecular weight is 467 g/mol. The van der Waals surface area contributed by atoms with Crippen molar-refractivity contribution in [3.05, 3.63) is 50.9 Å². The van der Waals surface area contributed by atoms with Crippen molar-refractivity contribution in [1.29, 1.82) is 5.26 Å². The minimum atomic E-state index is -0.784. The number of halogens is 2. The molecule has 10 heteroatoms. The largest absolute Gasteiger partial charge is 0.389 e. The molecule has 6 rings (SSSR count). The molecule has 2 aromatic heterocycles. The fraction of sp³-hybridized carbons (Fsp3) is 0.348. The molecule has 168 valence electrons. The lowest BCUT2D eigenvalue weighted by atomic mass is 9.87. The third-order valence-electron chi connectivity index (χ3n) is 6.69. The van der Waals surface area contributed by atoms with Gasteiger partial charge in [-0.15, -0.1) is 11.3 Å². The predicted octanol–water partition coefficient (Wildman–Crippen LogP) is 4.12. The van der Waals surface area contributed by atoms with E-state index in [2.05, 4.69) is 33.2 Å². The van der Waals surface area contributed by atoms with Crippen molar-refractivity contribution in [3.63, 3.8) is 0 Å². The van der Waals surface area contributed by atoms with Crippen LogP contribution < -0.4 is 16.0 Å². The number of aromatic nitrogens is 2. The van der Waals surface area contributed by atoms with Crippen molar-refractivity contribution in [2.75, 3.05) is 23.7 Å². The zero-order chi connectivity index (χ0) is 22.9. The molecule has 0 saturated carbocycles. The van der Waals surface area contributed by atoms with Crippen molar-refractivity contribution >= 4 is 39.0 Å². The van der Waals surface area contributed by atoms with Crippen LogP contribution in [0.3, 0.4) is 0 Å². The van der Waals surface area contributed by atoms with Crippen molar-refractivity contribution < 1.29 is 13.5 Å². The number of rotatable bonds is 2. The number of nitrogens with zero attached hydrogens (tertiary/aromatic N) is 4. The highest BCUT2D eigenvalue weighted by Gasteiger charge is 2.36. The van der Waals surface area contributed by atoms with Gasteiger partial charge in [-0.05, 0) is 23.5 Å². The number of nitriles is 1. The first kappa shape index (κ1) is 20.3. The molecule has 2 atom stereocenters. The second-order valence-electron chi connectivity index (χ2n) is 8.74. The molecule has 0 spiro atoms. The predicted molar refractivity (Wildman–Crippen MR) is 121 cm³/mol. The molecule has 1 saturated heterocycles. The fourth-order valence-corrected chi connectivity index (χ4v) is 6.03. The Labute approximate surface area is 192 Å². The highest BCUT2D eigenvalue weighted by atomic mass is 32.1. The van der Waals surface area contributed by atoms with E-state index in [-0.39, 0.29) is 27.6 Å². The summed E-state index contributed by atoms with van der Waals surface area (Å²) in [6, 6.07) is 1.28. The Kier molecular flexibility index (Phi) is 4.54. The Morgan fingerprint density at radius 2 is 2.12 bits per heavy atom. The SMILES string of the molecule is CC1CCN(c2ncc3c4c(c(C5NC=C(F)c6sc(N)c(C#N)c65)c(F)c3n2)COC4)C1. The van der Waals surface area contributed by atoms with Gasteiger partial charge in [0.15, 0.2) is 11.6 Å². The van der Waals surface area contributed by atoms with E-state index in [0.717, 1.165) is 36.4 Å². The van der Waals surface area contributed by atoms with Gasteiger partial charge in [-0.1, -0.05) is 6.92 Å². The monoisotopic (exact) mass is 466 g/mol. The van der Waals surface area contributed by atoms with E-state index < -0.39 is 17.7 Å². The maximum atomic E-state index is 16.3. The van der Waals surface area contributed by atoms with Gasteiger partial charge in [-0.3, -0.25) is 0 Å². The van der Waals surface area contributed by atoms with Crippen LogP contribution in [0, 0.1) is 23.1 Å². The number of hydrogen-bond acceptors (Lipinski definition) is 8. The number of benzene rings is 1. The van der Waals surface area contributed by atoms with Gasteiger partial charge in [0, 0.05) is 42.0 Å². The first-order valence-electron chi connectivity index (χ1n) is 10.7. The van der Waals surface area contributed by atoms with E-state index in [9.17, 15) is 9.65 Å². The van der Waals surface area contributed by atoms with Crippen LogP contribution in [0.1, 0.15) is 52.1 Å². The first-order valence-corrected chi connectivity index (χ1v) is 11.6. The molecule has 3 aliphatic rings. The Morgan fingerprint density at radius 3 is 2.88 bits per heavy atom. The summed E-state index contributed by atoms with van der Waals surface area (Å²) >= 11 is 0.996. The second-order valence-corrected chi connectivity index (χ2v) is 9.79. The molecule has 3 N–H and O–H groups in total. The number of thiophene rings is 1. The van der Waals surface area contributed by atoms with Crippen LogP contribution in [0.15, 0.2) is 12.4 Å². The van der Waals surface area contributed by atoms with Crippen molar-refractivity contribution in [1.82, 2.24) is 15.3 Å². The van der Waals surface area contributed by atoms with Crippen LogP contribution in [0.4, 0.5) is 19.7 Å². The molecule has 0 aliphatic carbocycles. The zero-order valence-electron chi connectivity index (χ0n) is 17.8. The molecule has 0 bridgehead atoms.